The van der Waals surface area contributed by atoms with Gasteiger partial charge < -0.3 is 9.47 Å². The zero-order chi connectivity index (χ0) is 16.0. The summed E-state index contributed by atoms with van der Waals surface area (Å²) >= 11 is 0. The van der Waals surface area contributed by atoms with Crippen LogP contribution < -0.4 is 9.47 Å². The van der Waals surface area contributed by atoms with E-state index in [4.69, 9.17) is 13.7 Å². The van der Waals surface area contributed by atoms with Gasteiger partial charge in [0.15, 0.2) is 0 Å². The Morgan fingerprint density at radius 3 is 2.38 bits per heavy atom. The van der Waals surface area contributed by atoms with Gasteiger partial charge in [0, 0.05) is 0 Å². The van der Waals surface area contributed by atoms with Crippen LogP contribution in [0.1, 0.15) is 32.8 Å². The van der Waals surface area contributed by atoms with Crippen LogP contribution >= 0.6 is 0 Å². The van der Waals surface area contributed by atoms with Crippen LogP contribution in [-0.2, 0) is 14.3 Å². The quantitative estimate of drug-likeness (QED) is 0.690. The molecule has 1 rings (SSSR count). The third-order valence-electron chi connectivity index (χ3n) is 2.87. The van der Waals surface area contributed by atoms with Crippen molar-refractivity contribution < 1.29 is 22.1 Å². The van der Waals surface area contributed by atoms with E-state index in [0.717, 1.165) is 24.0 Å². The number of hydrogen-bond donors (Lipinski definition) is 0. The third-order valence-corrected chi connectivity index (χ3v) is 3.55. The lowest BCUT2D eigenvalue weighted by Crippen LogP contribution is -2.21. The van der Waals surface area contributed by atoms with E-state index in [-0.39, 0.29) is 12.7 Å². The van der Waals surface area contributed by atoms with E-state index in [1.807, 2.05) is 26.0 Å². The molecule has 0 heterocycles. The Labute approximate surface area is 127 Å². The summed E-state index contributed by atoms with van der Waals surface area (Å²) in [7, 11) is -3.46. The molecule has 120 valence electrons. The summed E-state index contributed by atoms with van der Waals surface area (Å²) in [6.45, 7) is 7.85. The largest absolute Gasteiger partial charge is 0.491 e. The zero-order valence-corrected chi connectivity index (χ0v) is 14.1. The molecule has 2 atom stereocenters. The van der Waals surface area contributed by atoms with Gasteiger partial charge in [0.2, 0.25) is 0 Å². The number of ether oxygens (including phenoxy) is 2. The Bertz CT molecular complexity index is 553. The minimum atomic E-state index is -3.46. The lowest BCUT2D eigenvalue weighted by Gasteiger charge is -2.16. The van der Waals surface area contributed by atoms with Crippen LogP contribution in [0.5, 0.6) is 11.5 Å². The molecule has 0 bridgehead atoms. The molecule has 1 aromatic carbocycles. The van der Waals surface area contributed by atoms with Crippen molar-refractivity contribution >= 4 is 10.1 Å². The van der Waals surface area contributed by atoms with Crippen molar-refractivity contribution in [3.05, 3.63) is 23.8 Å². The molecule has 21 heavy (non-hydrogen) atoms. The molecule has 0 aliphatic heterocycles. The van der Waals surface area contributed by atoms with Gasteiger partial charge >= 0.3 is 0 Å². The monoisotopic (exact) mass is 316 g/mol. The van der Waals surface area contributed by atoms with Gasteiger partial charge in [-0.3, -0.25) is 4.18 Å². The van der Waals surface area contributed by atoms with E-state index >= 15 is 0 Å². The minimum Gasteiger partial charge on any atom is -0.491 e. The average Bonchev–Trinajstić information content (AvgIpc) is 2.37. The molecule has 0 aromatic heterocycles. The maximum Gasteiger partial charge on any atom is 0.264 e. The summed E-state index contributed by atoms with van der Waals surface area (Å²) in [5, 5.41) is 0. The van der Waals surface area contributed by atoms with Crippen molar-refractivity contribution in [3.63, 3.8) is 0 Å². The molecule has 0 saturated heterocycles. The van der Waals surface area contributed by atoms with E-state index in [2.05, 4.69) is 6.92 Å². The van der Waals surface area contributed by atoms with Gasteiger partial charge in [-0.25, -0.2) is 0 Å². The lowest BCUT2D eigenvalue weighted by atomic mass is 10.2. The Kier molecular flexibility index (Phi) is 6.48. The summed E-state index contributed by atoms with van der Waals surface area (Å²) in [6.07, 6.45) is 1.60. The smallest absolute Gasteiger partial charge is 0.264 e. The second-order valence-electron chi connectivity index (χ2n) is 5.19. The SMILES string of the molecule is CCC(C)Oc1ccc(OCC(C)OS(C)(=O)=O)cc1C. The van der Waals surface area contributed by atoms with Crippen LogP contribution in [0.15, 0.2) is 18.2 Å². The molecule has 0 N–H and O–H groups in total. The van der Waals surface area contributed by atoms with Crippen LogP contribution in [0.25, 0.3) is 0 Å². The van der Waals surface area contributed by atoms with E-state index in [9.17, 15) is 8.42 Å². The normalized spacial score (nSPS) is 14.5. The Morgan fingerprint density at radius 1 is 1.19 bits per heavy atom. The first-order chi connectivity index (χ1) is 9.71. The fourth-order valence-electron chi connectivity index (χ4n) is 1.68. The average molecular weight is 316 g/mol. The van der Waals surface area contributed by atoms with Gasteiger partial charge in [-0.2, -0.15) is 8.42 Å². The highest BCUT2D eigenvalue weighted by Crippen LogP contribution is 2.25. The molecule has 0 spiro atoms. The van der Waals surface area contributed by atoms with Crippen molar-refractivity contribution in [2.75, 3.05) is 12.9 Å². The van der Waals surface area contributed by atoms with E-state index < -0.39 is 16.2 Å². The van der Waals surface area contributed by atoms with Crippen molar-refractivity contribution in [2.45, 2.75) is 46.3 Å². The second kappa shape index (κ2) is 7.66. The van der Waals surface area contributed by atoms with E-state index in [0.29, 0.717) is 5.75 Å². The molecular weight excluding hydrogens is 292 g/mol. The molecule has 0 aliphatic rings. The standard InChI is InChI=1S/C15H24O5S/c1-6-12(3)19-15-8-7-14(9-11(15)2)18-10-13(4)20-21(5,16)17/h7-9,12-13H,6,10H2,1-5H3. The summed E-state index contributed by atoms with van der Waals surface area (Å²) in [5.74, 6) is 1.49. The molecule has 5 nitrogen and oxygen atoms in total. The highest BCUT2D eigenvalue weighted by Gasteiger charge is 2.12. The highest BCUT2D eigenvalue weighted by molar-refractivity contribution is 7.86. The van der Waals surface area contributed by atoms with Gasteiger partial charge in [-0.05, 0) is 51.0 Å². The number of aryl methyl sites for hydroxylation is 1. The van der Waals surface area contributed by atoms with Gasteiger partial charge in [0.1, 0.15) is 24.2 Å². The van der Waals surface area contributed by atoms with Crippen LogP contribution in [-0.4, -0.2) is 33.5 Å². The van der Waals surface area contributed by atoms with Crippen molar-refractivity contribution in [3.8, 4) is 11.5 Å². The van der Waals surface area contributed by atoms with Gasteiger partial charge in [0.05, 0.1) is 12.4 Å². The van der Waals surface area contributed by atoms with E-state index in [1.54, 1.807) is 13.0 Å². The summed E-state index contributed by atoms with van der Waals surface area (Å²) in [6, 6.07) is 5.53. The molecular formula is C15H24O5S. The topological polar surface area (TPSA) is 61.8 Å². The van der Waals surface area contributed by atoms with Crippen LogP contribution in [0.2, 0.25) is 0 Å². The van der Waals surface area contributed by atoms with Gasteiger partial charge in [0.25, 0.3) is 10.1 Å². The summed E-state index contributed by atoms with van der Waals surface area (Å²) in [5.41, 5.74) is 0.976. The van der Waals surface area contributed by atoms with Crippen molar-refractivity contribution in [1.82, 2.24) is 0 Å². The van der Waals surface area contributed by atoms with Crippen molar-refractivity contribution in [2.24, 2.45) is 0 Å². The fourth-order valence-corrected chi connectivity index (χ4v) is 2.34. The Hall–Kier alpha value is -1.27. The maximum absolute atomic E-state index is 11.0. The summed E-state index contributed by atoms with van der Waals surface area (Å²) in [4.78, 5) is 0. The fraction of sp³-hybridized carbons (Fsp3) is 0.600. The predicted molar refractivity (Wildman–Crippen MR) is 82.4 cm³/mol. The second-order valence-corrected chi connectivity index (χ2v) is 6.79. The maximum atomic E-state index is 11.0. The molecule has 0 aliphatic carbocycles. The molecule has 0 radical (unpaired) electrons. The first kappa shape index (κ1) is 17.8. The van der Waals surface area contributed by atoms with E-state index in [1.165, 1.54) is 0 Å². The molecule has 0 amide bonds. The number of rotatable bonds is 8. The predicted octanol–water partition coefficient (Wildman–Crippen LogP) is 2.92. The van der Waals surface area contributed by atoms with Crippen molar-refractivity contribution in [1.29, 1.82) is 0 Å². The molecule has 0 saturated carbocycles. The van der Waals surface area contributed by atoms with Gasteiger partial charge in [-0.1, -0.05) is 6.92 Å². The summed E-state index contributed by atoms with van der Waals surface area (Å²) < 4.78 is 38.1. The molecule has 6 heteroatoms. The van der Waals surface area contributed by atoms with Crippen LogP contribution in [0.4, 0.5) is 0 Å². The number of benzene rings is 1. The first-order valence-corrected chi connectivity index (χ1v) is 8.81. The zero-order valence-electron chi connectivity index (χ0n) is 13.3. The third kappa shape index (κ3) is 6.82. The highest BCUT2D eigenvalue weighted by atomic mass is 32.2. The number of hydrogen-bond acceptors (Lipinski definition) is 5. The molecule has 1 aromatic rings. The Morgan fingerprint density at radius 2 is 1.86 bits per heavy atom. The first-order valence-electron chi connectivity index (χ1n) is 6.99. The van der Waals surface area contributed by atoms with Gasteiger partial charge in [-0.15, -0.1) is 0 Å². The molecule has 2 unspecified atom stereocenters. The molecule has 0 fully saturated rings. The lowest BCUT2D eigenvalue weighted by molar-refractivity contribution is 0.150. The van der Waals surface area contributed by atoms with Crippen LogP contribution in [0.3, 0.4) is 0 Å². The minimum absolute atomic E-state index is 0.165. The van der Waals surface area contributed by atoms with Crippen LogP contribution in [0, 0.1) is 6.92 Å². The Balaban J connectivity index is 2.59.